The van der Waals surface area contributed by atoms with E-state index in [-0.39, 0.29) is 11.6 Å². The summed E-state index contributed by atoms with van der Waals surface area (Å²) in [5.74, 6) is -0.123. The molecule has 1 aromatic heterocycles. The number of piperidine rings is 1. The van der Waals surface area contributed by atoms with Gasteiger partial charge in [0.05, 0.1) is 6.33 Å². The molecule has 0 saturated carbocycles. The van der Waals surface area contributed by atoms with Crippen LogP contribution in [0.3, 0.4) is 0 Å². The van der Waals surface area contributed by atoms with Crippen LogP contribution in [-0.4, -0.2) is 85.1 Å². The zero-order valence-electron chi connectivity index (χ0n) is 18.2. The molecule has 0 radical (unpaired) electrons. The molecule has 0 atom stereocenters. The molecular weight excluding hydrogens is 394 g/mol. The van der Waals surface area contributed by atoms with E-state index in [9.17, 15) is 9.59 Å². The number of nitrogens with one attached hydrogen (secondary N) is 3. The van der Waals surface area contributed by atoms with Crippen molar-refractivity contribution in [1.29, 1.82) is 0 Å². The molecule has 2 aromatic rings. The number of aromatic nitrogens is 2. The molecule has 1 aromatic carbocycles. The summed E-state index contributed by atoms with van der Waals surface area (Å²) in [5.41, 5.74) is 1.35. The van der Waals surface area contributed by atoms with E-state index in [1.807, 2.05) is 24.3 Å². The van der Waals surface area contributed by atoms with Crippen LogP contribution in [0.25, 0.3) is 0 Å². The van der Waals surface area contributed by atoms with Gasteiger partial charge in [-0.3, -0.25) is 9.59 Å². The van der Waals surface area contributed by atoms with Crippen LogP contribution in [0.2, 0.25) is 0 Å². The van der Waals surface area contributed by atoms with Crippen LogP contribution in [0.4, 0.5) is 17.2 Å². The van der Waals surface area contributed by atoms with Crippen molar-refractivity contribution in [3.8, 4) is 0 Å². The topological polar surface area (TPSA) is 96.6 Å². The molecule has 2 fully saturated rings. The largest absolute Gasteiger partial charge is 0.369 e. The third-order valence-corrected chi connectivity index (χ3v) is 6.13. The fourth-order valence-corrected chi connectivity index (χ4v) is 4.08. The number of likely N-dealkylation sites (N-methyl/N-ethyl adjacent to an activating group) is 1. The number of rotatable bonds is 5. The molecule has 9 heteroatoms. The van der Waals surface area contributed by atoms with Crippen molar-refractivity contribution in [1.82, 2.24) is 19.8 Å². The van der Waals surface area contributed by atoms with Gasteiger partial charge in [-0.05, 0) is 64.3 Å². The molecule has 0 spiro atoms. The number of likely N-dealkylation sites (tertiary alicyclic amines) is 1. The Balaban J connectivity index is 1.44. The second-order valence-electron chi connectivity index (χ2n) is 8.47. The standard InChI is InChI=1S/C22H31N7O2/c1-27-9-7-17(8-10-27)25-20-19(21(30)24-15-23-20)22(31)26-16-3-5-18(6-4-16)29-13-11-28(2)12-14-29/h3-6,15,17H,7-14H2,1-2H3,(H,26,31)(H2,23,24,25,30). The molecule has 0 unspecified atom stereocenters. The van der Waals surface area contributed by atoms with Crippen molar-refractivity contribution < 1.29 is 4.79 Å². The van der Waals surface area contributed by atoms with Crippen LogP contribution in [0.5, 0.6) is 0 Å². The van der Waals surface area contributed by atoms with Crippen molar-refractivity contribution >= 4 is 23.1 Å². The second kappa shape index (κ2) is 9.49. The Bertz CT molecular complexity index is 943. The fourth-order valence-electron chi connectivity index (χ4n) is 4.08. The van der Waals surface area contributed by atoms with E-state index in [2.05, 4.69) is 49.4 Å². The number of benzene rings is 1. The molecule has 3 N–H and O–H groups in total. The van der Waals surface area contributed by atoms with Crippen molar-refractivity contribution in [3.05, 3.63) is 46.5 Å². The average molecular weight is 426 g/mol. The molecule has 0 bridgehead atoms. The van der Waals surface area contributed by atoms with Crippen molar-refractivity contribution in [2.45, 2.75) is 18.9 Å². The first-order valence-corrected chi connectivity index (χ1v) is 10.9. The normalized spacial score (nSPS) is 18.7. The van der Waals surface area contributed by atoms with Gasteiger partial charge in [0, 0.05) is 43.6 Å². The van der Waals surface area contributed by atoms with Crippen LogP contribution in [-0.2, 0) is 0 Å². The highest BCUT2D eigenvalue weighted by Crippen LogP contribution is 2.21. The average Bonchev–Trinajstić information content (AvgIpc) is 2.76. The number of H-pyrrole nitrogens is 1. The molecule has 9 nitrogen and oxygen atoms in total. The highest BCUT2D eigenvalue weighted by molar-refractivity contribution is 6.07. The van der Waals surface area contributed by atoms with E-state index in [1.54, 1.807) is 0 Å². The first-order chi connectivity index (χ1) is 15.0. The van der Waals surface area contributed by atoms with Crippen molar-refractivity contribution in [3.63, 3.8) is 0 Å². The first kappa shape index (κ1) is 21.3. The van der Waals surface area contributed by atoms with E-state index in [1.165, 1.54) is 6.33 Å². The summed E-state index contributed by atoms with van der Waals surface area (Å²) in [6.45, 7) is 5.99. The van der Waals surface area contributed by atoms with Gasteiger partial charge in [0.25, 0.3) is 11.5 Å². The Labute approximate surface area is 182 Å². The number of aromatic amines is 1. The summed E-state index contributed by atoms with van der Waals surface area (Å²) >= 11 is 0. The van der Waals surface area contributed by atoms with E-state index in [4.69, 9.17) is 0 Å². The molecule has 4 rings (SSSR count). The van der Waals surface area contributed by atoms with Crippen molar-refractivity contribution in [2.24, 2.45) is 0 Å². The minimum atomic E-state index is -0.461. The van der Waals surface area contributed by atoms with E-state index >= 15 is 0 Å². The van der Waals surface area contributed by atoms with Gasteiger partial charge in [0.1, 0.15) is 11.4 Å². The van der Waals surface area contributed by atoms with Crippen LogP contribution in [0.15, 0.2) is 35.4 Å². The lowest BCUT2D eigenvalue weighted by atomic mass is 10.1. The second-order valence-corrected chi connectivity index (χ2v) is 8.47. The Hall–Kier alpha value is -2.91. The van der Waals surface area contributed by atoms with Crippen LogP contribution in [0, 0.1) is 0 Å². The number of hydrogen-bond acceptors (Lipinski definition) is 7. The molecule has 166 valence electrons. The predicted octanol–water partition coefficient (Wildman–Crippen LogP) is 1.28. The number of nitrogens with zero attached hydrogens (tertiary/aromatic N) is 4. The van der Waals surface area contributed by atoms with E-state index in [0.29, 0.717) is 11.5 Å². The predicted molar refractivity (Wildman–Crippen MR) is 123 cm³/mol. The minimum Gasteiger partial charge on any atom is -0.369 e. The lowest BCUT2D eigenvalue weighted by Crippen LogP contribution is -2.44. The number of piperazine rings is 1. The Morgan fingerprint density at radius 1 is 1.00 bits per heavy atom. The van der Waals surface area contributed by atoms with Gasteiger partial charge >= 0.3 is 0 Å². The highest BCUT2D eigenvalue weighted by atomic mass is 16.2. The number of anilines is 3. The van der Waals surface area contributed by atoms with Gasteiger partial charge < -0.3 is 30.3 Å². The Morgan fingerprint density at radius 3 is 2.32 bits per heavy atom. The van der Waals surface area contributed by atoms with Crippen molar-refractivity contribution in [2.75, 3.05) is 68.9 Å². The van der Waals surface area contributed by atoms with Crippen LogP contribution in [0.1, 0.15) is 23.2 Å². The number of carbonyl (C=O) groups is 1. The van der Waals surface area contributed by atoms with Gasteiger partial charge in [-0.25, -0.2) is 4.98 Å². The van der Waals surface area contributed by atoms with Gasteiger partial charge in [-0.1, -0.05) is 0 Å². The zero-order valence-corrected chi connectivity index (χ0v) is 18.2. The monoisotopic (exact) mass is 425 g/mol. The third kappa shape index (κ3) is 5.23. The summed E-state index contributed by atoms with van der Waals surface area (Å²) < 4.78 is 0. The summed E-state index contributed by atoms with van der Waals surface area (Å²) in [4.78, 5) is 39.1. The highest BCUT2D eigenvalue weighted by Gasteiger charge is 2.22. The smallest absolute Gasteiger partial charge is 0.265 e. The molecule has 3 heterocycles. The molecule has 2 aliphatic heterocycles. The lowest BCUT2D eigenvalue weighted by molar-refractivity contribution is 0.102. The van der Waals surface area contributed by atoms with Gasteiger partial charge in [0.2, 0.25) is 0 Å². The minimum absolute atomic E-state index is 0.0181. The maximum atomic E-state index is 12.9. The summed E-state index contributed by atoms with van der Waals surface area (Å²) in [7, 11) is 4.22. The van der Waals surface area contributed by atoms with E-state index < -0.39 is 11.5 Å². The number of hydrogen-bond donors (Lipinski definition) is 3. The lowest BCUT2D eigenvalue weighted by Gasteiger charge is -2.34. The van der Waals surface area contributed by atoms with E-state index in [0.717, 1.165) is 57.8 Å². The Kier molecular flexibility index (Phi) is 6.53. The molecule has 2 saturated heterocycles. The number of amides is 1. The molecular formula is C22H31N7O2. The summed E-state index contributed by atoms with van der Waals surface area (Å²) in [6, 6.07) is 7.96. The molecule has 0 aliphatic carbocycles. The zero-order chi connectivity index (χ0) is 21.8. The van der Waals surface area contributed by atoms with Gasteiger partial charge in [0.15, 0.2) is 0 Å². The molecule has 2 aliphatic rings. The summed E-state index contributed by atoms with van der Waals surface area (Å²) in [6.07, 6.45) is 3.22. The van der Waals surface area contributed by atoms with Gasteiger partial charge in [-0.2, -0.15) is 0 Å². The van der Waals surface area contributed by atoms with Crippen LogP contribution >= 0.6 is 0 Å². The molecule has 31 heavy (non-hydrogen) atoms. The molecule has 1 amide bonds. The van der Waals surface area contributed by atoms with Gasteiger partial charge in [-0.15, -0.1) is 0 Å². The maximum absolute atomic E-state index is 12.9. The SMILES string of the molecule is CN1CCC(Nc2nc[nH]c(=O)c2C(=O)Nc2ccc(N3CCN(C)CC3)cc2)CC1. The quantitative estimate of drug-likeness (QED) is 0.664. The fraction of sp³-hybridized carbons (Fsp3) is 0.500. The summed E-state index contributed by atoms with van der Waals surface area (Å²) in [5, 5.41) is 6.15. The Morgan fingerprint density at radius 2 is 1.65 bits per heavy atom. The third-order valence-electron chi connectivity index (χ3n) is 6.13. The first-order valence-electron chi connectivity index (χ1n) is 10.9. The number of carbonyl (C=O) groups excluding carboxylic acids is 1. The van der Waals surface area contributed by atoms with Crippen LogP contribution < -0.4 is 21.1 Å². The maximum Gasteiger partial charge on any atom is 0.265 e.